The van der Waals surface area contributed by atoms with Crippen molar-refractivity contribution >= 4 is 28.9 Å². The second-order valence-electron chi connectivity index (χ2n) is 5.55. The first-order valence-electron chi connectivity index (χ1n) is 7.42. The zero-order chi connectivity index (χ0) is 17.7. The van der Waals surface area contributed by atoms with E-state index < -0.39 is 5.91 Å². The number of anilines is 2. The fraction of sp³-hybridized carbons (Fsp3) is 0.158. The Bertz CT molecular complexity index is 850. The fourth-order valence-electron chi connectivity index (χ4n) is 2.23. The lowest BCUT2D eigenvalue weighted by Gasteiger charge is -2.09. The average Bonchev–Trinajstić information content (AvgIpc) is 2.52. The molecule has 1 amide bonds. The van der Waals surface area contributed by atoms with Gasteiger partial charge in [-0.1, -0.05) is 29.3 Å². The summed E-state index contributed by atoms with van der Waals surface area (Å²) in [5.41, 5.74) is 4.44. The molecule has 0 atom stereocenters. The number of nitriles is 1. The fourth-order valence-corrected chi connectivity index (χ4v) is 2.46. The van der Waals surface area contributed by atoms with Crippen molar-refractivity contribution in [3.8, 4) is 6.07 Å². The normalized spacial score (nSPS) is 10.9. The smallest absolute Gasteiger partial charge is 0.267 e. The first-order chi connectivity index (χ1) is 11.4. The minimum Gasteiger partial charge on any atom is -0.360 e. The topological polar surface area (TPSA) is 64.9 Å². The Morgan fingerprint density at radius 2 is 1.75 bits per heavy atom. The van der Waals surface area contributed by atoms with Gasteiger partial charge in [0.15, 0.2) is 0 Å². The molecule has 24 heavy (non-hydrogen) atoms. The molecule has 0 radical (unpaired) electrons. The standard InChI is InChI=1S/C19H18ClN3O/c1-12-4-6-18(13(2)8-12)23-19(24)15(10-21)11-22-17-7-5-16(20)9-14(17)3/h4-9,11,22H,1-3H3,(H,23,24)/b15-11-. The number of nitrogens with one attached hydrogen (secondary N) is 2. The average molecular weight is 340 g/mol. The van der Waals surface area contributed by atoms with Crippen molar-refractivity contribution in [2.75, 3.05) is 10.6 Å². The number of carbonyl (C=O) groups is 1. The summed E-state index contributed by atoms with van der Waals surface area (Å²) in [5, 5.41) is 15.6. The number of hydrogen-bond acceptors (Lipinski definition) is 3. The largest absolute Gasteiger partial charge is 0.360 e. The highest BCUT2D eigenvalue weighted by molar-refractivity contribution is 6.30. The summed E-state index contributed by atoms with van der Waals surface area (Å²) in [6.07, 6.45) is 1.40. The first kappa shape index (κ1) is 17.6. The lowest BCUT2D eigenvalue weighted by atomic mass is 10.1. The van der Waals surface area contributed by atoms with Crippen molar-refractivity contribution in [2.45, 2.75) is 20.8 Å². The van der Waals surface area contributed by atoms with E-state index in [0.29, 0.717) is 10.7 Å². The van der Waals surface area contributed by atoms with Crippen LogP contribution in [0.25, 0.3) is 0 Å². The molecule has 0 aliphatic heterocycles. The Morgan fingerprint density at radius 1 is 1.08 bits per heavy atom. The van der Waals surface area contributed by atoms with Crippen LogP contribution in [0.3, 0.4) is 0 Å². The van der Waals surface area contributed by atoms with Crippen LogP contribution in [-0.4, -0.2) is 5.91 Å². The van der Waals surface area contributed by atoms with Crippen LogP contribution in [0.4, 0.5) is 11.4 Å². The number of aryl methyl sites for hydroxylation is 3. The van der Waals surface area contributed by atoms with Gasteiger partial charge in [0.1, 0.15) is 11.6 Å². The lowest BCUT2D eigenvalue weighted by molar-refractivity contribution is -0.112. The summed E-state index contributed by atoms with van der Waals surface area (Å²) >= 11 is 5.91. The highest BCUT2D eigenvalue weighted by Gasteiger charge is 2.11. The second kappa shape index (κ2) is 7.67. The van der Waals surface area contributed by atoms with Crippen LogP contribution in [0.1, 0.15) is 16.7 Å². The maximum Gasteiger partial charge on any atom is 0.267 e. The Kier molecular flexibility index (Phi) is 5.62. The zero-order valence-corrected chi connectivity index (χ0v) is 14.5. The molecule has 5 heteroatoms. The number of amides is 1. The summed E-state index contributed by atoms with van der Waals surface area (Å²) in [7, 11) is 0. The van der Waals surface area contributed by atoms with E-state index in [9.17, 15) is 10.1 Å². The number of hydrogen-bond donors (Lipinski definition) is 2. The summed E-state index contributed by atoms with van der Waals surface area (Å²) in [6, 6.07) is 13.0. The van der Waals surface area contributed by atoms with Crippen molar-refractivity contribution in [1.29, 1.82) is 5.26 Å². The highest BCUT2D eigenvalue weighted by atomic mass is 35.5. The van der Waals surface area contributed by atoms with Crippen molar-refractivity contribution in [3.05, 3.63) is 69.9 Å². The summed E-state index contributed by atoms with van der Waals surface area (Å²) in [5.74, 6) is -0.455. The number of benzene rings is 2. The maximum atomic E-state index is 12.3. The monoisotopic (exact) mass is 339 g/mol. The van der Waals surface area contributed by atoms with Gasteiger partial charge in [0.25, 0.3) is 5.91 Å². The predicted octanol–water partition coefficient (Wildman–Crippen LogP) is 4.72. The van der Waals surface area contributed by atoms with Crippen molar-refractivity contribution in [1.82, 2.24) is 0 Å². The summed E-state index contributed by atoms with van der Waals surface area (Å²) in [6.45, 7) is 5.79. The molecule has 2 aromatic carbocycles. The number of halogens is 1. The lowest BCUT2D eigenvalue weighted by Crippen LogP contribution is -2.15. The van der Waals surface area contributed by atoms with Gasteiger partial charge in [-0.15, -0.1) is 0 Å². The Morgan fingerprint density at radius 3 is 2.38 bits per heavy atom. The second-order valence-corrected chi connectivity index (χ2v) is 5.98. The van der Waals surface area contributed by atoms with Crippen LogP contribution in [0.2, 0.25) is 5.02 Å². The van der Waals surface area contributed by atoms with Crippen LogP contribution in [0, 0.1) is 32.1 Å². The molecule has 2 rings (SSSR count). The van der Waals surface area contributed by atoms with Crippen molar-refractivity contribution in [3.63, 3.8) is 0 Å². The minimum absolute atomic E-state index is 0.00988. The molecule has 0 saturated heterocycles. The quantitative estimate of drug-likeness (QED) is 0.625. The zero-order valence-electron chi connectivity index (χ0n) is 13.8. The van der Waals surface area contributed by atoms with E-state index in [4.69, 9.17) is 11.6 Å². The third-order valence-corrected chi connectivity index (χ3v) is 3.79. The van der Waals surface area contributed by atoms with E-state index in [1.807, 2.05) is 45.0 Å². The van der Waals surface area contributed by atoms with Crippen molar-refractivity contribution in [2.24, 2.45) is 0 Å². The van der Waals surface area contributed by atoms with Crippen LogP contribution >= 0.6 is 11.6 Å². The molecule has 0 aliphatic carbocycles. The summed E-state index contributed by atoms with van der Waals surface area (Å²) in [4.78, 5) is 12.3. The highest BCUT2D eigenvalue weighted by Crippen LogP contribution is 2.20. The molecule has 2 N–H and O–H groups in total. The van der Waals surface area contributed by atoms with E-state index in [1.54, 1.807) is 18.2 Å². The Labute approximate surface area is 146 Å². The molecule has 0 bridgehead atoms. The van der Waals surface area contributed by atoms with Gasteiger partial charge < -0.3 is 10.6 Å². The molecule has 0 heterocycles. The van der Waals surface area contributed by atoms with E-state index in [-0.39, 0.29) is 5.57 Å². The Hall–Kier alpha value is -2.77. The van der Waals surface area contributed by atoms with Gasteiger partial charge in [0.2, 0.25) is 0 Å². The summed E-state index contributed by atoms with van der Waals surface area (Å²) < 4.78 is 0. The van der Waals surface area contributed by atoms with E-state index in [2.05, 4.69) is 10.6 Å². The molecule has 0 unspecified atom stereocenters. The molecule has 0 aliphatic rings. The molecular weight excluding hydrogens is 322 g/mol. The molecular formula is C19H18ClN3O. The number of rotatable bonds is 4. The van der Waals surface area contributed by atoms with Gasteiger partial charge in [-0.25, -0.2) is 0 Å². The molecule has 2 aromatic rings. The molecule has 0 spiro atoms. The van der Waals surface area contributed by atoms with Crippen LogP contribution in [0.5, 0.6) is 0 Å². The van der Waals surface area contributed by atoms with Gasteiger partial charge >= 0.3 is 0 Å². The van der Waals surface area contributed by atoms with Gasteiger partial charge in [-0.05, 0) is 56.2 Å². The van der Waals surface area contributed by atoms with Gasteiger partial charge in [0.05, 0.1) is 0 Å². The third-order valence-electron chi connectivity index (χ3n) is 3.56. The van der Waals surface area contributed by atoms with Crippen LogP contribution in [0.15, 0.2) is 48.2 Å². The van der Waals surface area contributed by atoms with E-state index in [0.717, 1.165) is 22.4 Å². The molecule has 0 fully saturated rings. The SMILES string of the molecule is Cc1ccc(NC(=O)/C(C#N)=C\Nc2ccc(Cl)cc2C)c(C)c1. The van der Waals surface area contributed by atoms with Gasteiger partial charge in [-0.2, -0.15) is 5.26 Å². The predicted molar refractivity (Wildman–Crippen MR) is 98.1 cm³/mol. The van der Waals surface area contributed by atoms with Gasteiger partial charge in [-0.3, -0.25) is 4.79 Å². The first-order valence-corrected chi connectivity index (χ1v) is 7.80. The van der Waals surface area contributed by atoms with E-state index >= 15 is 0 Å². The van der Waals surface area contributed by atoms with Crippen LogP contribution in [-0.2, 0) is 4.79 Å². The third kappa shape index (κ3) is 4.37. The van der Waals surface area contributed by atoms with Crippen LogP contribution < -0.4 is 10.6 Å². The minimum atomic E-state index is -0.455. The number of carbonyl (C=O) groups excluding carboxylic acids is 1. The number of nitrogens with zero attached hydrogens (tertiary/aromatic N) is 1. The Balaban J connectivity index is 2.15. The molecule has 0 saturated carbocycles. The van der Waals surface area contributed by atoms with Gasteiger partial charge in [0, 0.05) is 22.6 Å². The molecule has 4 nitrogen and oxygen atoms in total. The maximum absolute atomic E-state index is 12.3. The molecule has 0 aromatic heterocycles. The molecule has 122 valence electrons. The van der Waals surface area contributed by atoms with E-state index in [1.165, 1.54) is 6.20 Å². The van der Waals surface area contributed by atoms with Crippen molar-refractivity contribution < 1.29 is 4.79 Å².